The second kappa shape index (κ2) is 5.77. The third-order valence-electron chi connectivity index (χ3n) is 3.37. The normalized spacial score (nSPS) is 15.5. The first-order valence-corrected chi connectivity index (χ1v) is 6.45. The molecule has 0 rings (SSSR count). The lowest BCUT2D eigenvalue weighted by Gasteiger charge is -2.42. The van der Waals surface area contributed by atoms with Crippen molar-refractivity contribution >= 4 is 12.1 Å². The fourth-order valence-electron chi connectivity index (χ4n) is 2.14. The smallest absolute Gasteiger partial charge is 0.409 e. The fourth-order valence-corrected chi connectivity index (χ4v) is 2.14. The Kier molecular flexibility index (Phi) is 5.38. The molecule has 0 radical (unpaired) electrons. The molecule has 0 bridgehead atoms. The molecular weight excluding hydrogens is 248 g/mol. The standard InChI is InChI=1S/C13H26N2O4/c1-7-13(8-2,9(16)17)12(6,14)15-10(18)19-11(3,4)5/h7-8,14H2,1-6H3,(H,15,18)(H,16,17)/t12-/m0/s1. The van der Waals surface area contributed by atoms with E-state index in [4.69, 9.17) is 10.5 Å². The number of carbonyl (C=O) groups excluding carboxylic acids is 1. The molecule has 0 aliphatic heterocycles. The summed E-state index contributed by atoms with van der Waals surface area (Å²) in [6.45, 7) is 10.1. The van der Waals surface area contributed by atoms with Gasteiger partial charge in [0.1, 0.15) is 16.7 Å². The number of rotatable bonds is 5. The van der Waals surface area contributed by atoms with Gasteiger partial charge in [-0.1, -0.05) is 13.8 Å². The van der Waals surface area contributed by atoms with Gasteiger partial charge in [0, 0.05) is 0 Å². The van der Waals surface area contributed by atoms with Crippen LogP contribution in [0.3, 0.4) is 0 Å². The number of carbonyl (C=O) groups is 2. The largest absolute Gasteiger partial charge is 0.481 e. The maximum Gasteiger partial charge on any atom is 0.409 e. The molecule has 19 heavy (non-hydrogen) atoms. The van der Waals surface area contributed by atoms with Crippen LogP contribution >= 0.6 is 0 Å². The lowest BCUT2D eigenvalue weighted by Crippen LogP contribution is -2.67. The summed E-state index contributed by atoms with van der Waals surface area (Å²) in [5, 5.41) is 11.9. The van der Waals surface area contributed by atoms with Gasteiger partial charge in [-0.3, -0.25) is 4.79 Å². The van der Waals surface area contributed by atoms with Gasteiger partial charge in [0.05, 0.1) is 0 Å². The zero-order valence-corrected chi connectivity index (χ0v) is 12.7. The topological polar surface area (TPSA) is 102 Å². The lowest BCUT2D eigenvalue weighted by atomic mass is 9.72. The van der Waals surface area contributed by atoms with Crippen molar-refractivity contribution in [3.63, 3.8) is 0 Å². The predicted octanol–water partition coefficient (Wildman–Crippen LogP) is 2.08. The van der Waals surface area contributed by atoms with Crippen molar-refractivity contribution in [3.05, 3.63) is 0 Å². The van der Waals surface area contributed by atoms with Crippen LogP contribution in [0.2, 0.25) is 0 Å². The Morgan fingerprint density at radius 2 is 1.58 bits per heavy atom. The minimum atomic E-state index is -1.40. The summed E-state index contributed by atoms with van der Waals surface area (Å²) in [4.78, 5) is 23.3. The molecule has 0 spiro atoms. The number of carboxylic acid groups (broad SMARTS) is 1. The molecule has 1 atom stereocenters. The van der Waals surface area contributed by atoms with E-state index in [1.165, 1.54) is 6.92 Å². The Morgan fingerprint density at radius 3 is 1.84 bits per heavy atom. The van der Waals surface area contributed by atoms with Crippen molar-refractivity contribution in [2.24, 2.45) is 11.1 Å². The van der Waals surface area contributed by atoms with Crippen LogP contribution in [0.1, 0.15) is 54.4 Å². The van der Waals surface area contributed by atoms with Crippen molar-refractivity contribution in [1.29, 1.82) is 0 Å². The van der Waals surface area contributed by atoms with Crippen LogP contribution in [0.25, 0.3) is 0 Å². The first-order chi connectivity index (χ1) is 8.42. The van der Waals surface area contributed by atoms with E-state index >= 15 is 0 Å². The van der Waals surface area contributed by atoms with Crippen LogP contribution in [0.15, 0.2) is 0 Å². The van der Waals surface area contributed by atoms with Gasteiger partial charge in [-0.2, -0.15) is 0 Å². The van der Waals surface area contributed by atoms with Gasteiger partial charge in [0.25, 0.3) is 0 Å². The lowest BCUT2D eigenvalue weighted by molar-refractivity contribution is -0.155. The number of aliphatic carboxylic acids is 1. The summed E-state index contributed by atoms with van der Waals surface area (Å²) in [5.41, 5.74) is 2.75. The Balaban J connectivity index is 5.14. The SMILES string of the molecule is CCC(CC)(C(=O)O)[C@@](C)(N)NC(=O)OC(C)(C)C. The van der Waals surface area contributed by atoms with E-state index < -0.39 is 28.7 Å². The summed E-state index contributed by atoms with van der Waals surface area (Å²) >= 11 is 0. The molecule has 0 saturated heterocycles. The highest BCUT2D eigenvalue weighted by atomic mass is 16.6. The van der Waals surface area contributed by atoms with E-state index in [-0.39, 0.29) is 0 Å². The molecule has 0 unspecified atom stereocenters. The Bertz CT molecular complexity index is 341. The predicted molar refractivity (Wildman–Crippen MR) is 72.6 cm³/mol. The van der Waals surface area contributed by atoms with E-state index in [2.05, 4.69) is 5.32 Å². The summed E-state index contributed by atoms with van der Waals surface area (Å²) in [7, 11) is 0. The molecule has 112 valence electrons. The monoisotopic (exact) mass is 274 g/mol. The molecule has 0 aromatic rings. The van der Waals surface area contributed by atoms with E-state index in [1.54, 1.807) is 34.6 Å². The number of nitrogens with two attached hydrogens (primary N) is 1. The molecule has 6 heteroatoms. The van der Waals surface area contributed by atoms with E-state index in [0.29, 0.717) is 12.8 Å². The molecule has 1 amide bonds. The highest BCUT2D eigenvalue weighted by Crippen LogP contribution is 2.35. The molecule has 0 aliphatic rings. The minimum absolute atomic E-state index is 0.307. The first kappa shape index (κ1) is 17.7. The Morgan fingerprint density at radius 1 is 1.16 bits per heavy atom. The molecule has 4 N–H and O–H groups in total. The summed E-state index contributed by atoms with van der Waals surface area (Å²) in [6, 6.07) is 0. The quantitative estimate of drug-likeness (QED) is 0.666. The molecule has 0 aromatic carbocycles. The van der Waals surface area contributed by atoms with Crippen molar-refractivity contribution in [2.75, 3.05) is 0 Å². The number of hydrogen-bond acceptors (Lipinski definition) is 4. The second-order valence-corrected chi connectivity index (χ2v) is 5.92. The summed E-state index contributed by atoms with van der Waals surface area (Å²) in [5.74, 6) is -1.03. The van der Waals surface area contributed by atoms with E-state index in [9.17, 15) is 14.7 Å². The minimum Gasteiger partial charge on any atom is -0.481 e. The summed E-state index contributed by atoms with van der Waals surface area (Å²) in [6.07, 6.45) is -0.103. The zero-order chi connectivity index (χ0) is 15.5. The van der Waals surface area contributed by atoms with E-state index in [1.807, 2.05) is 0 Å². The van der Waals surface area contributed by atoms with Crippen LogP contribution in [-0.4, -0.2) is 28.4 Å². The van der Waals surface area contributed by atoms with Crippen LogP contribution in [0, 0.1) is 5.41 Å². The van der Waals surface area contributed by atoms with Crippen molar-refractivity contribution in [3.8, 4) is 0 Å². The van der Waals surface area contributed by atoms with Crippen LogP contribution < -0.4 is 11.1 Å². The zero-order valence-electron chi connectivity index (χ0n) is 12.7. The number of hydrogen-bond donors (Lipinski definition) is 3. The first-order valence-electron chi connectivity index (χ1n) is 6.45. The third-order valence-corrected chi connectivity index (χ3v) is 3.37. The molecule has 0 aliphatic carbocycles. The van der Waals surface area contributed by atoms with Gasteiger partial charge in [0.2, 0.25) is 0 Å². The molecule has 0 saturated carbocycles. The molecular formula is C13H26N2O4. The molecule has 0 aromatic heterocycles. The van der Waals surface area contributed by atoms with E-state index in [0.717, 1.165) is 0 Å². The van der Waals surface area contributed by atoms with Gasteiger partial charge in [-0.15, -0.1) is 0 Å². The molecule has 0 fully saturated rings. The highest BCUT2D eigenvalue weighted by molar-refractivity contribution is 5.78. The van der Waals surface area contributed by atoms with Gasteiger partial charge in [0.15, 0.2) is 0 Å². The number of alkyl carbamates (subject to hydrolysis) is 1. The maximum absolute atomic E-state index is 11.8. The molecule has 6 nitrogen and oxygen atoms in total. The van der Waals surface area contributed by atoms with Crippen LogP contribution in [0.4, 0.5) is 4.79 Å². The Hall–Kier alpha value is -1.30. The number of carboxylic acids is 1. The van der Waals surface area contributed by atoms with Crippen molar-refractivity contribution < 1.29 is 19.4 Å². The third kappa shape index (κ3) is 4.09. The number of ether oxygens (including phenoxy) is 1. The highest BCUT2D eigenvalue weighted by Gasteiger charge is 2.50. The maximum atomic E-state index is 11.8. The number of amides is 1. The van der Waals surface area contributed by atoms with Crippen LogP contribution in [0.5, 0.6) is 0 Å². The van der Waals surface area contributed by atoms with Crippen LogP contribution in [-0.2, 0) is 9.53 Å². The van der Waals surface area contributed by atoms with Crippen molar-refractivity contribution in [1.82, 2.24) is 5.32 Å². The summed E-state index contributed by atoms with van der Waals surface area (Å²) < 4.78 is 5.11. The van der Waals surface area contributed by atoms with Gasteiger partial charge in [-0.05, 0) is 40.5 Å². The second-order valence-electron chi connectivity index (χ2n) is 5.92. The van der Waals surface area contributed by atoms with Gasteiger partial charge in [-0.25, -0.2) is 4.79 Å². The average molecular weight is 274 g/mol. The average Bonchev–Trinajstić information content (AvgIpc) is 2.14. The van der Waals surface area contributed by atoms with Crippen molar-refractivity contribution in [2.45, 2.75) is 65.6 Å². The van der Waals surface area contributed by atoms with Gasteiger partial charge >= 0.3 is 12.1 Å². The number of nitrogens with one attached hydrogen (secondary N) is 1. The fraction of sp³-hybridized carbons (Fsp3) is 0.846. The van der Waals surface area contributed by atoms with Gasteiger partial charge < -0.3 is 20.9 Å². The Labute approximate surface area is 114 Å². The molecule has 0 heterocycles.